The fraction of sp³-hybridized carbons (Fsp3) is 0.400. The van der Waals surface area contributed by atoms with Gasteiger partial charge in [0.1, 0.15) is 4.60 Å². The standard InChI is InChI=1S/C10H10BrClN2O/c11-9-4-8(1-2-13-9)14-6-7(5-12)3-10(14)15/h1-2,4,7H,3,5-6H2. The third-order valence-electron chi connectivity index (χ3n) is 2.45. The van der Waals surface area contributed by atoms with Gasteiger partial charge in [0.05, 0.1) is 0 Å². The summed E-state index contributed by atoms with van der Waals surface area (Å²) in [5.41, 5.74) is 0.884. The highest BCUT2D eigenvalue weighted by Crippen LogP contribution is 2.26. The van der Waals surface area contributed by atoms with Crippen LogP contribution in [0.25, 0.3) is 0 Å². The predicted octanol–water partition coefficient (Wildman–Crippen LogP) is 2.44. The lowest BCUT2D eigenvalue weighted by molar-refractivity contribution is -0.117. The molecule has 0 N–H and O–H groups in total. The zero-order valence-electron chi connectivity index (χ0n) is 7.99. The Hall–Kier alpha value is -0.610. The van der Waals surface area contributed by atoms with Crippen LogP contribution in [0.1, 0.15) is 6.42 Å². The molecule has 2 rings (SSSR count). The maximum Gasteiger partial charge on any atom is 0.227 e. The SMILES string of the molecule is O=C1CC(CCl)CN1c1ccnc(Br)c1. The van der Waals surface area contributed by atoms with E-state index in [0.717, 1.165) is 10.3 Å². The summed E-state index contributed by atoms with van der Waals surface area (Å²) in [6.45, 7) is 0.707. The Balaban J connectivity index is 2.21. The van der Waals surface area contributed by atoms with Crippen LogP contribution in [0.2, 0.25) is 0 Å². The molecule has 1 aliphatic rings. The summed E-state index contributed by atoms with van der Waals surface area (Å²) in [4.78, 5) is 17.5. The van der Waals surface area contributed by atoms with E-state index in [4.69, 9.17) is 11.6 Å². The van der Waals surface area contributed by atoms with E-state index in [0.29, 0.717) is 18.8 Å². The first-order valence-corrected chi connectivity index (χ1v) is 6.01. The number of carbonyl (C=O) groups excluding carboxylic acids is 1. The number of alkyl halides is 1. The predicted molar refractivity (Wildman–Crippen MR) is 63.1 cm³/mol. The maximum atomic E-state index is 11.7. The quantitative estimate of drug-likeness (QED) is 0.619. The second-order valence-electron chi connectivity index (χ2n) is 3.57. The number of halogens is 2. The topological polar surface area (TPSA) is 33.2 Å². The van der Waals surface area contributed by atoms with Crippen LogP contribution in [0.4, 0.5) is 5.69 Å². The van der Waals surface area contributed by atoms with Crippen molar-refractivity contribution in [2.24, 2.45) is 5.92 Å². The first kappa shape index (κ1) is 10.9. The van der Waals surface area contributed by atoms with Gasteiger partial charge in [-0.3, -0.25) is 4.79 Å². The van der Waals surface area contributed by atoms with Gasteiger partial charge in [0.15, 0.2) is 0 Å². The molecular formula is C10H10BrClN2O. The van der Waals surface area contributed by atoms with Gasteiger partial charge in [-0.25, -0.2) is 4.98 Å². The highest BCUT2D eigenvalue weighted by atomic mass is 79.9. The molecule has 0 radical (unpaired) electrons. The Morgan fingerprint density at radius 2 is 2.47 bits per heavy atom. The summed E-state index contributed by atoms with van der Waals surface area (Å²) in [6, 6.07) is 3.67. The van der Waals surface area contributed by atoms with Gasteiger partial charge < -0.3 is 4.90 Å². The van der Waals surface area contributed by atoms with Gasteiger partial charge in [0.2, 0.25) is 5.91 Å². The van der Waals surface area contributed by atoms with E-state index in [1.807, 2.05) is 12.1 Å². The summed E-state index contributed by atoms with van der Waals surface area (Å²) in [7, 11) is 0. The van der Waals surface area contributed by atoms with Crippen LogP contribution in [0.15, 0.2) is 22.9 Å². The molecule has 1 amide bonds. The molecule has 0 spiro atoms. The van der Waals surface area contributed by atoms with Crippen LogP contribution >= 0.6 is 27.5 Å². The van der Waals surface area contributed by atoms with Gasteiger partial charge in [0.25, 0.3) is 0 Å². The van der Waals surface area contributed by atoms with Crippen molar-refractivity contribution in [3.63, 3.8) is 0 Å². The molecule has 1 fully saturated rings. The lowest BCUT2D eigenvalue weighted by Gasteiger charge is -2.16. The van der Waals surface area contributed by atoms with E-state index in [-0.39, 0.29) is 11.8 Å². The summed E-state index contributed by atoms with van der Waals surface area (Å²) < 4.78 is 0.738. The van der Waals surface area contributed by atoms with Gasteiger partial charge in [-0.1, -0.05) is 0 Å². The molecule has 1 unspecified atom stereocenters. The monoisotopic (exact) mass is 288 g/mol. The number of hydrogen-bond acceptors (Lipinski definition) is 2. The lowest BCUT2D eigenvalue weighted by Crippen LogP contribution is -2.24. The van der Waals surface area contributed by atoms with Gasteiger partial charge in [-0.2, -0.15) is 0 Å². The molecule has 0 saturated carbocycles. The minimum atomic E-state index is 0.138. The maximum absolute atomic E-state index is 11.7. The molecule has 15 heavy (non-hydrogen) atoms. The molecule has 1 aromatic rings. The highest BCUT2D eigenvalue weighted by Gasteiger charge is 2.29. The average Bonchev–Trinajstić information content (AvgIpc) is 2.60. The molecule has 2 heterocycles. The molecule has 0 aliphatic carbocycles. The Morgan fingerprint density at radius 3 is 3.07 bits per heavy atom. The van der Waals surface area contributed by atoms with Crippen molar-refractivity contribution in [3.05, 3.63) is 22.9 Å². The van der Waals surface area contributed by atoms with E-state index in [2.05, 4.69) is 20.9 Å². The number of rotatable bonds is 2. The second kappa shape index (κ2) is 4.49. The lowest BCUT2D eigenvalue weighted by atomic mass is 10.1. The van der Waals surface area contributed by atoms with E-state index in [9.17, 15) is 4.79 Å². The molecule has 5 heteroatoms. The van der Waals surface area contributed by atoms with Crippen LogP contribution in [0.5, 0.6) is 0 Å². The molecule has 0 bridgehead atoms. The minimum Gasteiger partial charge on any atom is -0.312 e. The highest BCUT2D eigenvalue weighted by molar-refractivity contribution is 9.10. The Bertz CT molecular complexity index is 385. The molecular weight excluding hydrogens is 279 g/mol. The van der Waals surface area contributed by atoms with Gasteiger partial charge >= 0.3 is 0 Å². The molecule has 1 saturated heterocycles. The fourth-order valence-electron chi connectivity index (χ4n) is 1.69. The smallest absolute Gasteiger partial charge is 0.227 e. The molecule has 1 aliphatic heterocycles. The third kappa shape index (κ3) is 2.32. The summed E-state index contributed by atoms with van der Waals surface area (Å²) >= 11 is 9.04. The number of anilines is 1. The van der Waals surface area contributed by atoms with Crippen molar-refractivity contribution in [2.45, 2.75) is 6.42 Å². The zero-order chi connectivity index (χ0) is 10.8. The van der Waals surface area contributed by atoms with Crippen LogP contribution in [-0.2, 0) is 4.79 Å². The second-order valence-corrected chi connectivity index (χ2v) is 4.69. The van der Waals surface area contributed by atoms with Crippen molar-refractivity contribution in [2.75, 3.05) is 17.3 Å². The Labute approximate surface area is 102 Å². The minimum absolute atomic E-state index is 0.138. The fourth-order valence-corrected chi connectivity index (χ4v) is 2.25. The van der Waals surface area contributed by atoms with Crippen molar-refractivity contribution < 1.29 is 4.79 Å². The largest absolute Gasteiger partial charge is 0.312 e. The molecule has 0 aromatic carbocycles. The first-order chi connectivity index (χ1) is 7.20. The Morgan fingerprint density at radius 1 is 1.67 bits per heavy atom. The van der Waals surface area contributed by atoms with Gasteiger partial charge in [-0.15, -0.1) is 11.6 Å². The van der Waals surface area contributed by atoms with Gasteiger partial charge in [0, 0.05) is 30.7 Å². The number of aromatic nitrogens is 1. The van der Waals surface area contributed by atoms with Crippen LogP contribution in [-0.4, -0.2) is 23.3 Å². The van der Waals surface area contributed by atoms with Crippen molar-refractivity contribution in [1.29, 1.82) is 0 Å². The van der Waals surface area contributed by atoms with Crippen LogP contribution < -0.4 is 4.90 Å². The molecule has 1 aromatic heterocycles. The molecule has 80 valence electrons. The average molecular weight is 290 g/mol. The number of pyridine rings is 1. The van der Waals surface area contributed by atoms with Crippen molar-refractivity contribution >= 4 is 39.1 Å². The van der Waals surface area contributed by atoms with Crippen molar-refractivity contribution in [1.82, 2.24) is 4.98 Å². The van der Waals surface area contributed by atoms with E-state index < -0.39 is 0 Å². The summed E-state index contributed by atoms with van der Waals surface area (Å²) in [5, 5.41) is 0. The number of carbonyl (C=O) groups is 1. The molecule has 1 atom stereocenters. The van der Waals surface area contributed by atoms with E-state index >= 15 is 0 Å². The third-order valence-corrected chi connectivity index (χ3v) is 3.32. The van der Waals surface area contributed by atoms with Crippen LogP contribution in [0, 0.1) is 5.92 Å². The number of amides is 1. The molecule has 3 nitrogen and oxygen atoms in total. The van der Waals surface area contributed by atoms with Crippen LogP contribution in [0.3, 0.4) is 0 Å². The summed E-state index contributed by atoms with van der Waals surface area (Å²) in [5.74, 6) is 0.943. The first-order valence-electron chi connectivity index (χ1n) is 4.68. The number of hydrogen-bond donors (Lipinski definition) is 0. The van der Waals surface area contributed by atoms with E-state index in [1.165, 1.54) is 0 Å². The van der Waals surface area contributed by atoms with Gasteiger partial charge in [-0.05, 0) is 34.0 Å². The normalized spacial score (nSPS) is 21.1. The van der Waals surface area contributed by atoms with Crippen molar-refractivity contribution in [3.8, 4) is 0 Å². The Kier molecular flexibility index (Phi) is 3.26. The zero-order valence-corrected chi connectivity index (χ0v) is 10.3. The summed E-state index contributed by atoms with van der Waals surface area (Å²) in [6.07, 6.45) is 2.23. The number of nitrogens with zero attached hydrogens (tertiary/aromatic N) is 2. The van der Waals surface area contributed by atoms with E-state index in [1.54, 1.807) is 11.1 Å².